The van der Waals surface area contributed by atoms with E-state index in [0.29, 0.717) is 26.1 Å². The summed E-state index contributed by atoms with van der Waals surface area (Å²) in [6.07, 6.45) is 0.476. The minimum Gasteiger partial charge on any atom is -0.329 e. The molecule has 0 heterocycles. The lowest BCUT2D eigenvalue weighted by Crippen LogP contribution is -2.25. The molecule has 0 aliphatic heterocycles. The number of rotatable bonds is 6. The lowest BCUT2D eigenvalue weighted by molar-refractivity contribution is 0.357. The second-order valence-corrected chi connectivity index (χ2v) is 4.83. The minimum absolute atomic E-state index is 0.476. The highest BCUT2D eigenvalue weighted by atomic mass is 31.2. The Morgan fingerprint density at radius 2 is 2.08 bits per heavy atom. The van der Waals surface area contributed by atoms with Crippen LogP contribution in [0.15, 0.2) is 0 Å². The van der Waals surface area contributed by atoms with E-state index in [1.807, 2.05) is 0 Å². The molecule has 0 rings (SSSR count). The van der Waals surface area contributed by atoms with Gasteiger partial charge in [0, 0.05) is 13.1 Å². The summed E-state index contributed by atoms with van der Waals surface area (Å²) < 4.78 is 10.6. The molecule has 1 atom stereocenters. The lowest BCUT2D eigenvalue weighted by Gasteiger charge is -2.12. The summed E-state index contributed by atoms with van der Waals surface area (Å²) in [5.41, 5.74) is 4.65. The van der Waals surface area contributed by atoms with Crippen LogP contribution in [0.5, 0.6) is 0 Å². The molecule has 0 saturated heterocycles. The van der Waals surface area contributed by atoms with Crippen molar-refractivity contribution in [3.63, 3.8) is 0 Å². The quantitative estimate of drug-likeness (QED) is 0.339. The molecule has 0 aromatic carbocycles. The second kappa shape index (κ2) is 5.67. The molecular weight excluding hydrogens is 179 g/mol. The molecule has 74 valence electrons. The fraction of sp³-hybridized carbons (Fsp3) is 1.00. The van der Waals surface area contributed by atoms with Crippen molar-refractivity contribution in [2.24, 2.45) is 5.73 Å². The predicted octanol–water partition coefficient (Wildman–Crippen LogP) is -0.509. The van der Waals surface area contributed by atoms with E-state index in [4.69, 9.17) is 15.5 Å². The first-order valence-corrected chi connectivity index (χ1v) is 5.62. The molecule has 0 saturated carbocycles. The maximum atomic E-state index is 10.6. The summed E-state index contributed by atoms with van der Waals surface area (Å²) in [7, 11) is -3.88. The Morgan fingerprint density at radius 3 is 2.50 bits per heavy atom. The van der Waals surface area contributed by atoms with Gasteiger partial charge < -0.3 is 20.8 Å². The summed E-state index contributed by atoms with van der Waals surface area (Å²) in [5, 5.41) is 2.97. The van der Waals surface area contributed by atoms with E-state index in [1.165, 1.54) is 0 Å². The third kappa shape index (κ3) is 5.69. The summed E-state index contributed by atoms with van der Waals surface area (Å²) >= 11 is 0. The van der Waals surface area contributed by atoms with E-state index >= 15 is 0 Å². The van der Waals surface area contributed by atoms with Crippen LogP contribution in [-0.4, -0.2) is 35.1 Å². The van der Waals surface area contributed by atoms with Gasteiger partial charge >= 0.3 is 7.60 Å². The Kier molecular flexibility index (Phi) is 5.70. The SMILES string of the molecule is CC(CCNCCN)P(=O)(O)O. The summed E-state index contributed by atoms with van der Waals surface area (Å²) in [4.78, 5) is 17.4. The molecule has 5 N–H and O–H groups in total. The Hall–Kier alpha value is 0.0700. The zero-order chi connectivity index (χ0) is 9.61. The normalized spacial score (nSPS) is 14.7. The monoisotopic (exact) mass is 196 g/mol. The van der Waals surface area contributed by atoms with Crippen LogP contribution in [0.3, 0.4) is 0 Å². The third-order valence-electron chi connectivity index (χ3n) is 1.63. The first-order valence-electron chi connectivity index (χ1n) is 3.94. The first-order chi connectivity index (χ1) is 5.48. The van der Waals surface area contributed by atoms with Gasteiger partial charge in [0.05, 0.1) is 5.66 Å². The largest absolute Gasteiger partial charge is 0.329 e. The highest BCUT2D eigenvalue weighted by molar-refractivity contribution is 7.52. The Balaban J connectivity index is 3.45. The van der Waals surface area contributed by atoms with E-state index < -0.39 is 13.3 Å². The van der Waals surface area contributed by atoms with Gasteiger partial charge in [0.15, 0.2) is 0 Å². The summed E-state index contributed by atoms with van der Waals surface area (Å²) in [5.74, 6) is 0. The maximum Gasteiger partial charge on any atom is 0.328 e. The molecule has 0 aliphatic carbocycles. The van der Waals surface area contributed by atoms with Crippen molar-refractivity contribution in [1.82, 2.24) is 5.32 Å². The van der Waals surface area contributed by atoms with Crippen LogP contribution in [-0.2, 0) is 4.57 Å². The van der Waals surface area contributed by atoms with Gasteiger partial charge in [-0.05, 0) is 13.0 Å². The van der Waals surface area contributed by atoms with Crippen molar-refractivity contribution in [2.75, 3.05) is 19.6 Å². The predicted molar refractivity (Wildman–Crippen MR) is 48.0 cm³/mol. The fourth-order valence-electron chi connectivity index (χ4n) is 0.706. The highest BCUT2D eigenvalue weighted by Gasteiger charge is 2.22. The molecule has 5 nitrogen and oxygen atoms in total. The second-order valence-electron chi connectivity index (χ2n) is 2.77. The maximum absolute atomic E-state index is 10.6. The summed E-state index contributed by atoms with van der Waals surface area (Å²) in [6.45, 7) is 3.38. The van der Waals surface area contributed by atoms with Crippen LogP contribution in [0, 0.1) is 0 Å². The zero-order valence-electron chi connectivity index (χ0n) is 7.23. The van der Waals surface area contributed by atoms with Crippen molar-refractivity contribution in [2.45, 2.75) is 19.0 Å². The van der Waals surface area contributed by atoms with Crippen LogP contribution in [0.25, 0.3) is 0 Å². The average molecular weight is 196 g/mol. The van der Waals surface area contributed by atoms with E-state index in [0.717, 1.165) is 0 Å². The van der Waals surface area contributed by atoms with Gasteiger partial charge in [0.2, 0.25) is 0 Å². The topological polar surface area (TPSA) is 95.6 Å². The van der Waals surface area contributed by atoms with Crippen LogP contribution < -0.4 is 11.1 Å². The molecule has 0 aliphatic rings. The van der Waals surface area contributed by atoms with Gasteiger partial charge in [-0.1, -0.05) is 6.92 Å². The van der Waals surface area contributed by atoms with Crippen LogP contribution in [0.4, 0.5) is 0 Å². The molecule has 1 unspecified atom stereocenters. The van der Waals surface area contributed by atoms with Crippen molar-refractivity contribution in [3.05, 3.63) is 0 Å². The van der Waals surface area contributed by atoms with Crippen LogP contribution >= 0.6 is 7.60 Å². The smallest absolute Gasteiger partial charge is 0.328 e. The van der Waals surface area contributed by atoms with Gasteiger partial charge in [0.1, 0.15) is 0 Å². The molecule has 0 bridgehead atoms. The molecule has 0 aromatic rings. The van der Waals surface area contributed by atoms with E-state index in [9.17, 15) is 4.57 Å². The van der Waals surface area contributed by atoms with E-state index in [1.54, 1.807) is 6.92 Å². The standard InChI is InChI=1S/C6H17N2O3P/c1-6(12(9,10)11)2-4-8-5-3-7/h6,8H,2-5,7H2,1H3,(H2,9,10,11). The van der Waals surface area contributed by atoms with E-state index in [-0.39, 0.29) is 0 Å². The van der Waals surface area contributed by atoms with Gasteiger partial charge in [-0.15, -0.1) is 0 Å². The minimum atomic E-state index is -3.88. The number of nitrogens with one attached hydrogen (secondary N) is 1. The third-order valence-corrected chi connectivity index (χ3v) is 3.04. The number of hydrogen-bond donors (Lipinski definition) is 4. The molecule has 12 heavy (non-hydrogen) atoms. The van der Waals surface area contributed by atoms with Crippen molar-refractivity contribution in [1.29, 1.82) is 0 Å². The van der Waals surface area contributed by atoms with Gasteiger partial charge in [-0.3, -0.25) is 4.57 Å². The van der Waals surface area contributed by atoms with Gasteiger partial charge in [0.25, 0.3) is 0 Å². The van der Waals surface area contributed by atoms with Crippen molar-refractivity contribution < 1.29 is 14.4 Å². The lowest BCUT2D eigenvalue weighted by atomic mass is 10.3. The molecule has 0 radical (unpaired) electrons. The Morgan fingerprint density at radius 1 is 1.50 bits per heavy atom. The Bertz CT molecular complexity index is 159. The molecule has 0 fully saturated rings. The molecular formula is C6H17N2O3P. The van der Waals surface area contributed by atoms with Crippen molar-refractivity contribution >= 4 is 7.60 Å². The van der Waals surface area contributed by atoms with Crippen LogP contribution in [0.1, 0.15) is 13.3 Å². The molecule has 0 aromatic heterocycles. The average Bonchev–Trinajstić information content (AvgIpc) is 1.96. The Labute approximate surface area is 72.5 Å². The zero-order valence-corrected chi connectivity index (χ0v) is 8.13. The fourth-order valence-corrected chi connectivity index (χ4v) is 1.17. The highest BCUT2D eigenvalue weighted by Crippen LogP contribution is 2.42. The summed E-state index contributed by atoms with van der Waals surface area (Å²) in [6, 6.07) is 0. The number of nitrogens with two attached hydrogens (primary N) is 1. The first kappa shape index (κ1) is 12.1. The van der Waals surface area contributed by atoms with Crippen LogP contribution in [0.2, 0.25) is 0 Å². The molecule has 0 amide bonds. The molecule has 0 spiro atoms. The number of hydrogen-bond acceptors (Lipinski definition) is 3. The van der Waals surface area contributed by atoms with Crippen molar-refractivity contribution in [3.8, 4) is 0 Å². The van der Waals surface area contributed by atoms with Gasteiger partial charge in [-0.25, -0.2) is 0 Å². The van der Waals surface area contributed by atoms with E-state index in [2.05, 4.69) is 5.32 Å². The van der Waals surface area contributed by atoms with Gasteiger partial charge in [-0.2, -0.15) is 0 Å². The molecule has 6 heteroatoms.